The first-order valence-corrected chi connectivity index (χ1v) is 4.16. The minimum Gasteiger partial charge on any atom is -0.358 e. The highest BCUT2D eigenvalue weighted by atomic mass is 79.9. The van der Waals surface area contributed by atoms with Gasteiger partial charge in [0.1, 0.15) is 5.02 Å². The van der Waals surface area contributed by atoms with Crippen LogP contribution in [0.1, 0.15) is 5.56 Å². The number of halogens is 2. The number of rotatable bonds is 1. The van der Waals surface area contributed by atoms with Crippen LogP contribution >= 0.6 is 27.5 Å². The summed E-state index contributed by atoms with van der Waals surface area (Å²) in [6.45, 7) is 1.68. The molecule has 0 radical (unpaired) electrons. The van der Waals surface area contributed by atoms with Crippen LogP contribution in [0.3, 0.4) is 0 Å². The lowest BCUT2D eigenvalue weighted by atomic mass is 10.3. The summed E-state index contributed by atoms with van der Waals surface area (Å²) in [6, 6.07) is 1.33. The van der Waals surface area contributed by atoms with Gasteiger partial charge in [-0.05, 0) is 22.4 Å². The summed E-state index contributed by atoms with van der Waals surface area (Å²) in [6.07, 6.45) is 0. The van der Waals surface area contributed by atoms with Gasteiger partial charge in [0.25, 0.3) is 0 Å². The predicted octanol–water partition coefficient (Wildman–Crippen LogP) is 2.71. The van der Waals surface area contributed by atoms with Crippen LogP contribution in [0.2, 0.25) is 5.02 Å². The van der Waals surface area contributed by atoms with E-state index >= 15 is 0 Å². The van der Waals surface area contributed by atoms with Gasteiger partial charge in [0, 0.05) is 22.0 Å². The number of pyridine rings is 1. The zero-order valence-electron chi connectivity index (χ0n) is 6.04. The lowest BCUT2D eigenvalue weighted by Gasteiger charge is -1.96. The Hall–Kier alpha value is -0.680. The number of aryl methyl sites for hydroxylation is 1. The van der Waals surface area contributed by atoms with Gasteiger partial charge in [0.2, 0.25) is 4.60 Å². The Morgan fingerprint density at radius 3 is 2.75 bits per heavy atom. The van der Waals surface area contributed by atoms with E-state index in [-0.39, 0.29) is 5.82 Å². The molecule has 1 heterocycles. The lowest BCUT2D eigenvalue weighted by molar-refractivity contribution is -0.389. The molecule has 0 aromatic carbocycles. The van der Waals surface area contributed by atoms with Crippen LogP contribution in [0.15, 0.2) is 10.7 Å². The summed E-state index contributed by atoms with van der Waals surface area (Å²) in [5, 5.41) is 10.7. The topological polar surface area (TPSA) is 56.0 Å². The third kappa shape index (κ3) is 1.73. The zero-order valence-corrected chi connectivity index (χ0v) is 8.39. The standard InChI is InChI=1S/C6H4BrClN2O2/c1-3-2-4(10(11)12)9-6(7)5(3)8/h2H,1H3. The maximum Gasteiger partial charge on any atom is 0.365 e. The first-order valence-electron chi connectivity index (χ1n) is 2.99. The van der Waals surface area contributed by atoms with Crippen LogP contribution in [0, 0.1) is 17.0 Å². The van der Waals surface area contributed by atoms with Crippen molar-refractivity contribution in [3.8, 4) is 0 Å². The summed E-state index contributed by atoms with van der Waals surface area (Å²) in [7, 11) is 0. The predicted molar refractivity (Wildman–Crippen MR) is 48.3 cm³/mol. The fourth-order valence-corrected chi connectivity index (χ4v) is 1.29. The molecular formula is C6H4BrClN2O2. The molecule has 4 nitrogen and oxygen atoms in total. The smallest absolute Gasteiger partial charge is 0.358 e. The highest BCUT2D eigenvalue weighted by Crippen LogP contribution is 2.26. The second-order valence-electron chi connectivity index (χ2n) is 2.16. The molecule has 1 aromatic heterocycles. The zero-order chi connectivity index (χ0) is 9.30. The van der Waals surface area contributed by atoms with E-state index in [0.717, 1.165) is 0 Å². The molecule has 6 heteroatoms. The second kappa shape index (κ2) is 3.37. The fourth-order valence-electron chi connectivity index (χ4n) is 0.695. The molecule has 12 heavy (non-hydrogen) atoms. The average Bonchev–Trinajstić information content (AvgIpc) is 1.99. The minimum atomic E-state index is -0.561. The fraction of sp³-hybridized carbons (Fsp3) is 0.167. The van der Waals surface area contributed by atoms with Crippen LogP contribution in [-0.2, 0) is 0 Å². The third-order valence-electron chi connectivity index (χ3n) is 1.27. The van der Waals surface area contributed by atoms with Gasteiger partial charge in [0.15, 0.2) is 0 Å². The molecule has 0 aliphatic rings. The molecule has 0 fully saturated rings. The van der Waals surface area contributed by atoms with E-state index in [1.165, 1.54) is 6.07 Å². The Balaban J connectivity index is 3.31. The number of hydrogen-bond acceptors (Lipinski definition) is 3. The van der Waals surface area contributed by atoms with Gasteiger partial charge in [-0.2, -0.15) is 0 Å². The molecule has 0 atom stereocenters. The van der Waals surface area contributed by atoms with Crippen molar-refractivity contribution in [3.05, 3.63) is 31.4 Å². The van der Waals surface area contributed by atoms with Crippen LogP contribution in [0.4, 0.5) is 5.82 Å². The highest BCUT2D eigenvalue weighted by molar-refractivity contribution is 9.10. The molecule has 64 valence electrons. The summed E-state index contributed by atoms with van der Waals surface area (Å²) in [5.74, 6) is -0.205. The molecule has 0 aliphatic carbocycles. The number of nitro groups is 1. The average molecular weight is 251 g/mol. The molecule has 0 saturated heterocycles. The van der Waals surface area contributed by atoms with E-state index < -0.39 is 4.92 Å². The Kier molecular flexibility index (Phi) is 2.64. The van der Waals surface area contributed by atoms with E-state index in [0.29, 0.717) is 15.2 Å². The SMILES string of the molecule is Cc1cc([N+](=O)[O-])nc(Br)c1Cl. The van der Waals surface area contributed by atoms with Gasteiger partial charge in [-0.3, -0.25) is 0 Å². The molecule has 1 aromatic rings. The van der Waals surface area contributed by atoms with Gasteiger partial charge < -0.3 is 10.1 Å². The van der Waals surface area contributed by atoms with Gasteiger partial charge in [-0.15, -0.1) is 0 Å². The first-order chi connectivity index (χ1) is 5.52. The van der Waals surface area contributed by atoms with Crippen LogP contribution in [0.5, 0.6) is 0 Å². The summed E-state index contributed by atoms with van der Waals surface area (Å²) in [5.41, 5.74) is 0.630. The normalized spacial score (nSPS) is 9.92. The van der Waals surface area contributed by atoms with Crippen molar-refractivity contribution in [2.45, 2.75) is 6.92 Å². The lowest BCUT2D eigenvalue weighted by Crippen LogP contribution is -1.94. The molecule has 0 spiro atoms. The van der Waals surface area contributed by atoms with Crippen molar-refractivity contribution < 1.29 is 4.92 Å². The molecule has 0 amide bonds. The van der Waals surface area contributed by atoms with Crippen molar-refractivity contribution in [2.75, 3.05) is 0 Å². The van der Waals surface area contributed by atoms with Crippen molar-refractivity contribution >= 4 is 33.3 Å². The first kappa shape index (κ1) is 9.41. The second-order valence-corrected chi connectivity index (χ2v) is 3.29. The minimum absolute atomic E-state index is 0.205. The molecular weight excluding hydrogens is 247 g/mol. The van der Waals surface area contributed by atoms with E-state index in [2.05, 4.69) is 20.9 Å². The molecule has 0 N–H and O–H groups in total. The van der Waals surface area contributed by atoms with Crippen LogP contribution in [0.25, 0.3) is 0 Å². The van der Waals surface area contributed by atoms with E-state index in [9.17, 15) is 10.1 Å². The van der Waals surface area contributed by atoms with E-state index in [4.69, 9.17) is 11.6 Å². The van der Waals surface area contributed by atoms with Gasteiger partial charge in [-0.25, -0.2) is 0 Å². The van der Waals surface area contributed by atoms with Gasteiger partial charge in [-0.1, -0.05) is 11.6 Å². The number of hydrogen-bond donors (Lipinski definition) is 0. The van der Waals surface area contributed by atoms with Crippen molar-refractivity contribution in [1.29, 1.82) is 0 Å². The highest BCUT2D eigenvalue weighted by Gasteiger charge is 2.14. The molecule has 0 bridgehead atoms. The quantitative estimate of drug-likeness (QED) is 0.438. The van der Waals surface area contributed by atoms with E-state index in [1.807, 2.05) is 0 Å². The Morgan fingerprint density at radius 2 is 2.33 bits per heavy atom. The Labute approximate surface area is 81.8 Å². The van der Waals surface area contributed by atoms with Crippen LogP contribution in [-0.4, -0.2) is 9.91 Å². The maximum atomic E-state index is 10.3. The summed E-state index contributed by atoms with van der Waals surface area (Å²) in [4.78, 5) is 13.4. The van der Waals surface area contributed by atoms with Crippen LogP contribution < -0.4 is 0 Å². The molecule has 0 aliphatic heterocycles. The maximum absolute atomic E-state index is 10.3. The van der Waals surface area contributed by atoms with Crippen molar-refractivity contribution in [2.24, 2.45) is 0 Å². The Bertz CT molecular complexity index is 319. The summed E-state index contributed by atoms with van der Waals surface area (Å²) >= 11 is 8.74. The molecule has 1 rings (SSSR count). The van der Waals surface area contributed by atoms with Crippen molar-refractivity contribution in [3.63, 3.8) is 0 Å². The molecule has 0 saturated carbocycles. The molecule has 0 unspecified atom stereocenters. The Morgan fingerprint density at radius 1 is 1.75 bits per heavy atom. The van der Waals surface area contributed by atoms with Gasteiger partial charge >= 0.3 is 5.82 Å². The van der Waals surface area contributed by atoms with Gasteiger partial charge in [0.05, 0.1) is 0 Å². The summed E-state index contributed by atoms with van der Waals surface area (Å²) < 4.78 is 0.302. The number of nitrogens with zero attached hydrogens (tertiary/aromatic N) is 2. The largest absolute Gasteiger partial charge is 0.365 e. The van der Waals surface area contributed by atoms with E-state index in [1.54, 1.807) is 6.92 Å². The third-order valence-corrected chi connectivity index (χ3v) is 2.55. The monoisotopic (exact) mass is 250 g/mol. The number of aromatic nitrogens is 1. The van der Waals surface area contributed by atoms with Crippen molar-refractivity contribution in [1.82, 2.24) is 4.98 Å².